The molecule has 1 aliphatic heterocycles. The third-order valence-corrected chi connectivity index (χ3v) is 4.06. The molecule has 2 aromatic rings. The summed E-state index contributed by atoms with van der Waals surface area (Å²) in [4.78, 5) is 25.0. The minimum absolute atomic E-state index is 0.00842. The molecule has 0 saturated carbocycles. The van der Waals surface area contributed by atoms with Gasteiger partial charge in [0, 0.05) is 11.9 Å². The fraction of sp³-hybridized carbons (Fsp3) is 0.263. The summed E-state index contributed by atoms with van der Waals surface area (Å²) in [6.45, 7) is 0.0545. The summed E-state index contributed by atoms with van der Waals surface area (Å²) in [6, 6.07) is 9.90. The Morgan fingerprint density at radius 1 is 1.04 bits per heavy atom. The molecule has 146 valence electrons. The summed E-state index contributed by atoms with van der Waals surface area (Å²) in [5.41, 5.74) is 1.05. The number of carbonyl (C=O) groups is 2. The smallest absolute Gasteiger partial charge is 0.494 e. The van der Waals surface area contributed by atoms with Crippen molar-refractivity contribution in [2.75, 3.05) is 26.7 Å². The van der Waals surface area contributed by atoms with E-state index in [2.05, 4.69) is 0 Å². The fourth-order valence-corrected chi connectivity index (χ4v) is 2.68. The minimum Gasteiger partial charge on any atom is -0.494 e. The van der Waals surface area contributed by atoms with Crippen LogP contribution < -0.4 is 10.2 Å². The summed E-state index contributed by atoms with van der Waals surface area (Å²) in [7, 11) is 0.275. The molecule has 0 spiro atoms. The van der Waals surface area contributed by atoms with Crippen molar-refractivity contribution in [3.05, 3.63) is 59.7 Å². The first-order valence-electron chi connectivity index (χ1n) is 8.65. The minimum atomic E-state index is -1.31. The van der Waals surface area contributed by atoms with Crippen LogP contribution in [0.25, 0.3) is 0 Å². The van der Waals surface area contributed by atoms with Crippen molar-refractivity contribution in [3.8, 4) is 5.75 Å². The van der Waals surface area contributed by atoms with Gasteiger partial charge in [0.2, 0.25) is 0 Å². The molecule has 0 aliphatic carbocycles. The first kappa shape index (κ1) is 19.8. The average molecular weight is 389 g/mol. The molecule has 0 radical (unpaired) electrons. The molecule has 3 rings (SSSR count). The Morgan fingerprint density at radius 2 is 1.68 bits per heavy atom. The monoisotopic (exact) mass is 389 g/mol. The first-order valence-corrected chi connectivity index (χ1v) is 8.65. The Kier molecular flexibility index (Phi) is 6.25. The standard InChI is InChI=1S/C19H18BF2NO5/c1-23-11-18(24)27-20(28-19(25)12-23)14-4-7-17(16(22)10-14)26-9-8-13-2-5-15(21)6-3-13/h2-7,10H,8-9,11-12H2,1H3. The Labute approximate surface area is 161 Å². The number of rotatable bonds is 5. The Bertz CT molecular complexity index is 842. The summed E-state index contributed by atoms with van der Waals surface area (Å²) in [5, 5.41) is 0. The van der Waals surface area contributed by atoms with E-state index < -0.39 is 24.9 Å². The summed E-state index contributed by atoms with van der Waals surface area (Å²) in [6.07, 6.45) is 0.479. The number of hydrogen-bond acceptors (Lipinski definition) is 6. The molecule has 1 heterocycles. The van der Waals surface area contributed by atoms with E-state index in [0.717, 1.165) is 11.6 Å². The van der Waals surface area contributed by atoms with Gasteiger partial charge in [-0.3, -0.25) is 14.5 Å². The molecule has 0 aromatic heterocycles. The van der Waals surface area contributed by atoms with E-state index in [0.29, 0.717) is 6.42 Å². The molecular weight excluding hydrogens is 371 g/mol. The number of hydrogen-bond donors (Lipinski definition) is 0. The molecule has 9 heteroatoms. The van der Waals surface area contributed by atoms with Crippen LogP contribution in [0.3, 0.4) is 0 Å². The number of nitrogens with zero attached hydrogens (tertiary/aromatic N) is 1. The molecular formula is C19H18BF2NO5. The molecule has 0 N–H and O–H groups in total. The van der Waals surface area contributed by atoms with E-state index in [1.54, 1.807) is 19.2 Å². The number of ether oxygens (including phenoxy) is 1. The second kappa shape index (κ2) is 8.84. The van der Waals surface area contributed by atoms with E-state index in [1.165, 1.54) is 29.2 Å². The summed E-state index contributed by atoms with van der Waals surface area (Å²) < 4.78 is 42.9. The predicted molar refractivity (Wildman–Crippen MR) is 97.1 cm³/mol. The maximum absolute atomic E-state index is 14.4. The van der Waals surface area contributed by atoms with E-state index >= 15 is 0 Å². The van der Waals surface area contributed by atoms with Crippen LogP contribution in [0.2, 0.25) is 0 Å². The number of halogens is 2. The Balaban J connectivity index is 1.63. The van der Waals surface area contributed by atoms with Crippen LogP contribution in [0, 0.1) is 11.6 Å². The second-order valence-corrected chi connectivity index (χ2v) is 6.40. The Morgan fingerprint density at radius 3 is 2.29 bits per heavy atom. The predicted octanol–water partition coefficient (Wildman–Crippen LogP) is 1.31. The van der Waals surface area contributed by atoms with Crippen molar-refractivity contribution in [2.45, 2.75) is 6.42 Å². The fourth-order valence-electron chi connectivity index (χ4n) is 2.68. The molecule has 1 aliphatic rings. The molecule has 0 bridgehead atoms. The quantitative estimate of drug-likeness (QED) is 0.719. The van der Waals surface area contributed by atoms with Gasteiger partial charge in [0.15, 0.2) is 11.6 Å². The zero-order valence-electron chi connectivity index (χ0n) is 15.2. The van der Waals surface area contributed by atoms with Gasteiger partial charge in [0.05, 0.1) is 19.7 Å². The van der Waals surface area contributed by atoms with Crippen LogP contribution in [0.4, 0.5) is 8.78 Å². The molecule has 0 unspecified atom stereocenters. The van der Waals surface area contributed by atoms with Crippen molar-refractivity contribution >= 4 is 24.5 Å². The maximum Gasteiger partial charge on any atom is 0.636 e. The number of benzene rings is 2. The van der Waals surface area contributed by atoms with Crippen LogP contribution in [0.1, 0.15) is 5.56 Å². The highest BCUT2D eigenvalue weighted by molar-refractivity contribution is 6.64. The summed E-state index contributed by atoms with van der Waals surface area (Å²) >= 11 is 0. The largest absolute Gasteiger partial charge is 0.636 e. The first-order chi connectivity index (χ1) is 13.4. The van der Waals surface area contributed by atoms with Gasteiger partial charge in [0.1, 0.15) is 5.82 Å². The van der Waals surface area contributed by atoms with Crippen LogP contribution in [-0.4, -0.2) is 50.7 Å². The number of carbonyl (C=O) groups excluding carboxylic acids is 2. The highest BCUT2D eigenvalue weighted by atomic mass is 19.1. The molecule has 1 saturated heterocycles. The molecule has 0 atom stereocenters. The van der Waals surface area contributed by atoms with Crippen molar-refractivity contribution < 1.29 is 32.4 Å². The SMILES string of the molecule is CN1CC(=O)OB(c2ccc(OCCc3ccc(F)cc3)c(F)c2)OC(=O)C1. The lowest BCUT2D eigenvalue weighted by Crippen LogP contribution is -2.47. The summed E-state index contributed by atoms with van der Waals surface area (Å²) in [5.74, 6) is -2.16. The maximum atomic E-state index is 14.4. The van der Waals surface area contributed by atoms with Crippen molar-refractivity contribution in [3.63, 3.8) is 0 Å². The van der Waals surface area contributed by atoms with E-state index in [4.69, 9.17) is 14.0 Å². The normalized spacial score (nSPS) is 15.5. The lowest BCUT2D eigenvalue weighted by atomic mass is 9.78. The van der Waals surface area contributed by atoms with Gasteiger partial charge in [-0.05, 0) is 36.9 Å². The highest BCUT2D eigenvalue weighted by Crippen LogP contribution is 2.16. The average Bonchev–Trinajstić information content (AvgIpc) is 2.62. The molecule has 1 fully saturated rings. The molecule has 28 heavy (non-hydrogen) atoms. The van der Waals surface area contributed by atoms with Crippen LogP contribution in [-0.2, 0) is 25.3 Å². The molecule has 0 amide bonds. The van der Waals surface area contributed by atoms with Gasteiger partial charge in [-0.15, -0.1) is 0 Å². The van der Waals surface area contributed by atoms with E-state index in [1.807, 2.05) is 0 Å². The topological polar surface area (TPSA) is 65.1 Å². The van der Waals surface area contributed by atoms with E-state index in [9.17, 15) is 18.4 Å². The Hall–Kier alpha value is -2.94. The third kappa shape index (κ3) is 5.29. The zero-order valence-corrected chi connectivity index (χ0v) is 15.2. The van der Waals surface area contributed by atoms with Gasteiger partial charge >= 0.3 is 19.1 Å². The lowest BCUT2D eigenvalue weighted by Gasteiger charge is -2.22. The van der Waals surface area contributed by atoms with Crippen LogP contribution in [0.15, 0.2) is 42.5 Å². The van der Waals surface area contributed by atoms with Crippen molar-refractivity contribution in [1.82, 2.24) is 4.90 Å². The van der Waals surface area contributed by atoms with Crippen molar-refractivity contribution in [1.29, 1.82) is 0 Å². The highest BCUT2D eigenvalue weighted by Gasteiger charge is 2.34. The van der Waals surface area contributed by atoms with Gasteiger partial charge in [0.25, 0.3) is 0 Å². The van der Waals surface area contributed by atoms with E-state index in [-0.39, 0.29) is 36.7 Å². The zero-order chi connectivity index (χ0) is 20.1. The van der Waals surface area contributed by atoms with Gasteiger partial charge in [-0.2, -0.15) is 0 Å². The van der Waals surface area contributed by atoms with Gasteiger partial charge in [-0.1, -0.05) is 18.2 Å². The number of likely N-dealkylation sites (N-methyl/N-ethyl adjacent to an activating group) is 1. The second-order valence-electron chi connectivity index (χ2n) is 6.40. The van der Waals surface area contributed by atoms with Crippen LogP contribution in [0.5, 0.6) is 5.75 Å². The lowest BCUT2D eigenvalue weighted by molar-refractivity contribution is -0.145. The van der Waals surface area contributed by atoms with Crippen molar-refractivity contribution in [2.24, 2.45) is 0 Å². The molecule has 6 nitrogen and oxygen atoms in total. The van der Waals surface area contributed by atoms with Crippen LogP contribution >= 0.6 is 0 Å². The van der Waals surface area contributed by atoms with Gasteiger partial charge < -0.3 is 14.0 Å². The third-order valence-electron chi connectivity index (χ3n) is 4.06. The molecule has 2 aromatic carbocycles. The van der Waals surface area contributed by atoms with Gasteiger partial charge in [-0.25, -0.2) is 8.78 Å².